The van der Waals surface area contributed by atoms with Gasteiger partial charge >= 0.3 is 6.18 Å². The minimum Gasteiger partial charge on any atom is -0.481 e. The molecule has 0 fully saturated rings. The van der Waals surface area contributed by atoms with E-state index >= 15 is 0 Å². The van der Waals surface area contributed by atoms with E-state index in [0.717, 1.165) is 12.1 Å². The number of methoxy groups -OCH3 is 2. The maximum absolute atomic E-state index is 12.8. The average molecular weight is 428 g/mol. The van der Waals surface area contributed by atoms with Crippen LogP contribution in [0.4, 0.5) is 18.9 Å². The second-order valence-corrected chi connectivity index (χ2v) is 8.22. The Morgan fingerprint density at radius 2 is 1.69 bits per heavy atom. The van der Waals surface area contributed by atoms with Crippen LogP contribution in [0.5, 0.6) is 11.8 Å². The third-order valence-electron chi connectivity index (χ3n) is 3.76. The second kappa shape index (κ2) is 9.34. The summed E-state index contributed by atoms with van der Waals surface area (Å²) >= 11 is 1.35. The molecule has 0 aliphatic rings. The van der Waals surface area contributed by atoms with Crippen LogP contribution in [0, 0.1) is 5.41 Å². The highest BCUT2D eigenvalue weighted by Crippen LogP contribution is 2.34. The van der Waals surface area contributed by atoms with E-state index in [1.54, 1.807) is 12.3 Å². The fourth-order valence-electron chi connectivity index (χ4n) is 2.13. The van der Waals surface area contributed by atoms with E-state index in [0.29, 0.717) is 16.9 Å². The number of aromatic nitrogens is 2. The SMILES string of the molecule is COc1cc(OC)nc(SC(C=NNc2cccc(C(F)(F)F)c2)C(C)(C)C)n1. The van der Waals surface area contributed by atoms with Gasteiger partial charge in [-0.15, -0.1) is 0 Å². The summed E-state index contributed by atoms with van der Waals surface area (Å²) in [6.07, 6.45) is -2.78. The van der Waals surface area contributed by atoms with Gasteiger partial charge in [0.15, 0.2) is 5.16 Å². The van der Waals surface area contributed by atoms with E-state index in [2.05, 4.69) is 20.5 Å². The molecule has 0 saturated heterocycles. The van der Waals surface area contributed by atoms with E-state index < -0.39 is 11.7 Å². The summed E-state index contributed by atoms with van der Waals surface area (Å²) in [5.74, 6) is 0.733. The molecule has 10 heteroatoms. The Hall–Kier alpha value is -2.49. The largest absolute Gasteiger partial charge is 0.481 e. The third-order valence-corrected chi connectivity index (χ3v) is 5.23. The van der Waals surface area contributed by atoms with Crippen molar-refractivity contribution in [1.82, 2.24) is 9.97 Å². The first-order valence-corrected chi connectivity index (χ1v) is 9.51. The summed E-state index contributed by atoms with van der Waals surface area (Å²) in [6, 6.07) is 6.43. The van der Waals surface area contributed by atoms with Crippen LogP contribution in [-0.4, -0.2) is 35.7 Å². The molecule has 1 heterocycles. The highest BCUT2D eigenvalue weighted by Gasteiger charge is 2.30. The number of hydrogen-bond donors (Lipinski definition) is 1. The number of thioether (sulfide) groups is 1. The normalized spacial score (nSPS) is 13.4. The summed E-state index contributed by atoms with van der Waals surface area (Å²) in [5, 5.41) is 4.39. The lowest BCUT2D eigenvalue weighted by atomic mass is 9.92. The van der Waals surface area contributed by atoms with Crippen LogP contribution in [0.25, 0.3) is 0 Å². The molecule has 1 atom stereocenters. The zero-order valence-corrected chi connectivity index (χ0v) is 17.6. The van der Waals surface area contributed by atoms with Crippen molar-refractivity contribution in [2.24, 2.45) is 10.5 Å². The number of nitrogens with one attached hydrogen (secondary N) is 1. The fraction of sp³-hybridized carbons (Fsp3) is 0.421. The van der Waals surface area contributed by atoms with Gasteiger partial charge in [-0.1, -0.05) is 38.6 Å². The van der Waals surface area contributed by atoms with Crippen molar-refractivity contribution >= 4 is 23.7 Å². The Labute approximate surface area is 171 Å². The molecule has 0 amide bonds. The van der Waals surface area contributed by atoms with E-state index in [1.165, 1.54) is 38.1 Å². The van der Waals surface area contributed by atoms with Gasteiger partial charge in [0.1, 0.15) is 0 Å². The molecule has 0 spiro atoms. The summed E-state index contributed by atoms with van der Waals surface area (Å²) < 4.78 is 48.8. The van der Waals surface area contributed by atoms with Crippen LogP contribution in [0.1, 0.15) is 26.3 Å². The zero-order valence-electron chi connectivity index (χ0n) is 16.7. The second-order valence-electron chi connectivity index (χ2n) is 7.11. The molecular weight excluding hydrogens is 405 g/mol. The summed E-state index contributed by atoms with van der Waals surface area (Å²) in [7, 11) is 3.00. The van der Waals surface area contributed by atoms with Gasteiger partial charge in [0, 0.05) is 6.21 Å². The number of halogens is 3. The lowest BCUT2D eigenvalue weighted by Gasteiger charge is -2.26. The molecule has 29 heavy (non-hydrogen) atoms. The van der Waals surface area contributed by atoms with Crippen LogP contribution in [0.15, 0.2) is 40.6 Å². The standard InChI is InChI=1S/C19H23F3N4O2S/c1-18(2,3)14(29-17-24-15(27-4)10-16(25-17)28-5)11-23-26-13-8-6-7-12(9-13)19(20,21)22/h6-11,14,26H,1-5H3. The van der Waals surface area contributed by atoms with E-state index in [4.69, 9.17) is 9.47 Å². The Kier molecular flexibility index (Phi) is 7.34. The van der Waals surface area contributed by atoms with Crippen molar-refractivity contribution in [2.75, 3.05) is 19.6 Å². The molecule has 0 saturated carbocycles. The number of nitrogens with zero attached hydrogens (tertiary/aromatic N) is 3. The number of anilines is 1. The number of ether oxygens (including phenoxy) is 2. The molecule has 0 aliphatic carbocycles. The number of rotatable bonds is 7. The smallest absolute Gasteiger partial charge is 0.416 e. The lowest BCUT2D eigenvalue weighted by molar-refractivity contribution is -0.137. The van der Waals surface area contributed by atoms with Gasteiger partial charge in [-0.3, -0.25) is 5.43 Å². The molecule has 1 N–H and O–H groups in total. The number of hydrazone groups is 1. The predicted octanol–water partition coefficient (Wildman–Crippen LogP) is 5.12. The Bertz CT molecular complexity index is 832. The Morgan fingerprint density at radius 1 is 1.07 bits per heavy atom. The molecule has 0 bridgehead atoms. The molecule has 1 aromatic heterocycles. The molecule has 0 aliphatic heterocycles. The highest BCUT2D eigenvalue weighted by atomic mass is 32.2. The predicted molar refractivity (Wildman–Crippen MR) is 108 cm³/mol. The van der Waals surface area contributed by atoms with Crippen LogP contribution in [0.3, 0.4) is 0 Å². The molecule has 1 aromatic carbocycles. The highest BCUT2D eigenvalue weighted by molar-refractivity contribution is 8.00. The van der Waals surface area contributed by atoms with E-state index in [1.807, 2.05) is 20.8 Å². The van der Waals surface area contributed by atoms with Crippen LogP contribution in [0.2, 0.25) is 0 Å². The molecule has 1 unspecified atom stereocenters. The van der Waals surface area contributed by atoms with Crippen LogP contribution in [-0.2, 0) is 6.18 Å². The van der Waals surface area contributed by atoms with Crippen molar-refractivity contribution in [2.45, 2.75) is 37.4 Å². The molecule has 2 aromatic rings. The topological polar surface area (TPSA) is 68.6 Å². The van der Waals surface area contributed by atoms with Crippen molar-refractivity contribution in [3.8, 4) is 11.8 Å². The molecule has 6 nitrogen and oxygen atoms in total. The summed E-state index contributed by atoms with van der Waals surface area (Å²) in [5.41, 5.74) is 1.93. The summed E-state index contributed by atoms with van der Waals surface area (Å²) in [4.78, 5) is 8.60. The summed E-state index contributed by atoms with van der Waals surface area (Å²) in [6.45, 7) is 6.04. The van der Waals surface area contributed by atoms with Crippen molar-refractivity contribution in [3.05, 3.63) is 35.9 Å². The van der Waals surface area contributed by atoms with Gasteiger partial charge in [-0.2, -0.15) is 28.2 Å². The lowest BCUT2D eigenvalue weighted by Crippen LogP contribution is -2.25. The third kappa shape index (κ3) is 6.81. The minimum absolute atomic E-state index is 0.183. The van der Waals surface area contributed by atoms with Crippen molar-refractivity contribution < 1.29 is 22.6 Å². The first-order chi connectivity index (χ1) is 13.5. The van der Waals surface area contributed by atoms with Gasteiger partial charge < -0.3 is 9.47 Å². The minimum atomic E-state index is -4.41. The van der Waals surface area contributed by atoms with Gasteiger partial charge in [-0.25, -0.2) is 0 Å². The van der Waals surface area contributed by atoms with Gasteiger partial charge in [0.05, 0.1) is 36.8 Å². The first-order valence-electron chi connectivity index (χ1n) is 8.63. The van der Waals surface area contributed by atoms with Crippen LogP contribution < -0.4 is 14.9 Å². The van der Waals surface area contributed by atoms with Gasteiger partial charge in [-0.05, 0) is 23.6 Å². The Balaban J connectivity index is 2.18. The first kappa shape index (κ1) is 22.8. The number of hydrogen-bond acceptors (Lipinski definition) is 7. The number of alkyl halides is 3. The zero-order chi connectivity index (χ0) is 21.7. The maximum atomic E-state index is 12.8. The van der Waals surface area contributed by atoms with Gasteiger partial charge in [0.25, 0.3) is 0 Å². The van der Waals surface area contributed by atoms with Crippen molar-refractivity contribution in [1.29, 1.82) is 0 Å². The molecule has 158 valence electrons. The molecular formula is C19H23F3N4O2S. The molecule has 2 rings (SSSR count). The average Bonchev–Trinajstić information content (AvgIpc) is 2.65. The quantitative estimate of drug-likeness (QED) is 0.286. The van der Waals surface area contributed by atoms with E-state index in [-0.39, 0.29) is 16.4 Å². The number of benzene rings is 1. The van der Waals surface area contributed by atoms with E-state index in [9.17, 15) is 13.2 Å². The van der Waals surface area contributed by atoms with Crippen molar-refractivity contribution in [3.63, 3.8) is 0 Å². The monoisotopic (exact) mass is 428 g/mol. The molecule has 0 radical (unpaired) electrons. The fourth-order valence-corrected chi connectivity index (χ4v) is 3.12. The maximum Gasteiger partial charge on any atom is 0.416 e. The van der Waals surface area contributed by atoms with Gasteiger partial charge in [0.2, 0.25) is 11.8 Å². The Morgan fingerprint density at radius 3 is 2.21 bits per heavy atom. The van der Waals surface area contributed by atoms with Crippen LogP contribution >= 0.6 is 11.8 Å².